The maximum absolute atomic E-state index is 12.5. The molecule has 0 aromatic heterocycles. The summed E-state index contributed by atoms with van der Waals surface area (Å²) in [5.74, 6) is 0.343. The van der Waals surface area contributed by atoms with Gasteiger partial charge in [-0.3, -0.25) is 14.5 Å². The van der Waals surface area contributed by atoms with E-state index < -0.39 is 0 Å². The van der Waals surface area contributed by atoms with Crippen LogP contribution in [0, 0.1) is 0 Å². The minimum absolute atomic E-state index is 0.0317. The van der Waals surface area contributed by atoms with Crippen LogP contribution >= 0.6 is 0 Å². The summed E-state index contributed by atoms with van der Waals surface area (Å²) in [7, 11) is 3.61. The Morgan fingerprint density at radius 3 is 2.26 bits per heavy atom. The number of hydrogen-bond donors (Lipinski definition) is 2. The summed E-state index contributed by atoms with van der Waals surface area (Å²) in [6.45, 7) is 0.376. The van der Waals surface area contributed by atoms with Gasteiger partial charge in [0.05, 0.1) is 19.3 Å². The van der Waals surface area contributed by atoms with Crippen molar-refractivity contribution in [3.05, 3.63) is 54.1 Å². The Labute approximate surface area is 185 Å². The molecule has 31 heavy (non-hydrogen) atoms. The molecule has 1 saturated carbocycles. The van der Waals surface area contributed by atoms with Gasteiger partial charge in [-0.1, -0.05) is 44.2 Å². The van der Waals surface area contributed by atoms with Gasteiger partial charge in [0.15, 0.2) is 0 Å². The number of nitrogens with zero attached hydrogens (tertiary/aromatic N) is 1. The molecule has 1 aliphatic carbocycles. The van der Waals surface area contributed by atoms with Gasteiger partial charge >= 0.3 is 0 Å². The van der Waals surface area contributed by atoms with Crippen LogP contribution in [0.3, 0.4) is 0 Å². The number of ether oxygens (including phenoxy) is 1. The van der Waals surface area contributed by atoms with Crippen LogP contribution in [0.25, 0.3) is 0 Å². The Balaban J connectivity index is 1.52. The summed E-state index contributed by atoms with van der Waals surface area (Å²) in [6.07, 6.45) is 8.76. The van der Waals surface area contributed by atoms with Crippen molar-refractivity contribution in [1.82, 2.24) is 4.90 Å². The SMILES string of the molecule is COc1ccccc1NC(=O)c1ccc(NC(=O)CN(C)C2CCCCCCC2)cc1. The van der Waals surface area contributed by atoms with E-state index in [4.69, 9.17) is 4.74 Å². The van der Waals surface area contributed by atoms with Crippen molar-refractivity contribution in [2.45, 2.75) is 51.0 Å². The van der Waals surface area contributed by atoms with E-state index >= 15 is 0 Å². The molecule has 0 unspecified atom stereocenters. The second kappa shape index (κ2) is 11.5. The Morgan fingerprint density at radius 1 is 0.935 bits per heavy atom. The van der Waals surface area contributed by atoms with Crippen LogP contribution in [-0.2, 0) is 4.79 Å². The van der Waals surface area contributed by atoms with E-state index in [0.29, 0.717) is 35.3 Å². The Morgan fingerprint density at radius 2 is 1.58 bits per heavy atom. The van der Waals surface area contributed by atoms with Crippen molar-refractivity contribution < 1.29 is 14.3 Å². The maximum atomic E-state index is 12.5. The monoisotopic (exact) mass is 423 g/mol. The van der Waals surface area contributed by atoms with Gasteiger partial charge in [0.25, 0.3) is 5.91 Å². The molecule has 0 saturated heterocycles. The zero-order valence-corrected chi connectivity index (χ0v) is 18.5. The normalized spacial score (nSPS) is 15.1. The number of nitrogens with one attached hydrogen (secondary N) is 2. The molecule has 2 aromatic rings. The molecule has 1 fully saturated rings. The summed E-state index contributed by atoms with van der Waals surface area (Å²) in [6, 6.07) is 14.7. The highest BCUT2D eigenvalue weighted by Crippen LogP contribution is 2.24. The second-order valence-electron chi connectivity index (χ2n) is 8.19. The minimum Gasteiger partial charge on any atom is -0.495 e. The molecule has 3 rings (SSSR count). The highest BCUT2D eigenvalue weighted by molar-refractivity contribution is 6.05. The quantitative estimate of drug-likeness (QED) is 0.662. The zero-order valence-electron chi connectivity index (χ0n) is 18.5. The first-order valence-electron chi connectivity index (χ1n) is 11.1. The third-order valence-electron chi connectivity index (χ3n) is 5.88. The zero-order chi connectivity index (χ0) is 22.1. The first kappa shape index (κ1) is 22.8. The molecule has 6 heteroatoms. The van der Waals surface area contributed by atoms with E-state index in [9.17, 15) is 9.59 Å². The number of benzene rings is 2. The molecule has 0 spiro atoms. The Hall–Kier alpha value is -2.86. The van der Waals surface area contributed by atoms with Crippen LogP contribution in [0.4, 0.5) is 11.4 Å². The number of carbonyl (C=O) groups is 2. The molecule has 2 amide bonds. The lowest BCUT2D eigenvalue weighted by molar-refractivity contribution is -0.117. The number of rotatable bonds is 7. The summed E-state index contributed by atoms with van der Waals surface area (Å²) in [4.78, 5) is 27.2. The fourth-order valence-electron chi connectivity index (χ4n) is 4.08. The summed E-state index contributed by atoms with van der Waals surface area (Å²) in [5, 5.41) is 5.79. The summed E-state index contributed by atoms with van der Waals surface area (Å²) < 4.78 is 5.27. The third-order valence-corrected chi connectivity index (χ3v) is 5.88. The molecule has 6 nitrogen and oxygen atoms in total. The first-order chi connectivity index (χ1) is 15.1. The number of amides is 2. The highest BCUT2D eigenvalue weighted by Gasteiger charge is 2.18. The first-order valence-corrected chi connectivity index (χ1v) is 11.1. The van der Waals surface area contributed by atoms with Crippen molar-refractivity contribution >= 4 is 23.2 Å². The second-order valence-corrected chi connectivity index (χ2v) is 8.19. The van der Waals surface area contributed by atoms with Gasteiger partial charge in [-0.05, 0) is 56.3 Å². The van der Waals surface area contributed by atoms with Crippen LogP contribution < -0.4 is 15.4 Å². The number of hydrogen-bond acceptors (Lipinski definition) is 4. The molecule has 0 radical (unpaired) electrons. The molecule has 0 heterocycles. The van der Waals surface area contributed by atoms with Crippen LogP contribution in [0.2, 0.25) is 0 Å². The molecule has 2 aromatic carbocycles. The van der Waals surface area contributed by atoms with E-state index in [-0.39, 0.29) is 11.8 Å². The van der Waals surface area contributed by atoms with Gasteiger partial charge in [0.2, 0.25) is 5.91 Å². The van der Waals surface area contributed by atoms with E-state index in [1.165, 1.54) is 44.9 Å². The van der Waals surface area contributed by atoms with E-state index in [0.717, 1.165) is 0 Å². The van der Waals surface area contributed by atoms with E-state index in [1.54, 1.807) is 43.5 Å². The molecule has 1 aliphatic rings. The lowest BCUT2D eigenvalue weighted by Gasteiger charge is -2.29. The van der Waals surface area contributed by atoms with Gasteiger partial charge in [0, 0.05) is 17.3 Å². The van der Waals surface area contributed by atoms with Crippen LogP contribution in [0.1, 0.15) is 55.3 Å². The predicted molar refractivity (Wildman–Crippen MR) is 125 cm³/mol. The van der Waals surface area contributed by atoms with E-state index in [2.05, 4.69) is 15.5 Å². The van der Waals surface area contributed by atoms with Crippen molar-refractivity contribution in [2.24, 2.45) is 0 Å². The highest BCUT2D eigenvalue weighted by atomic mass is 16.5. The molecule has 2 N–H and O–H groups in total. The Kier molecular flexibility index (Phi) is 8.47. The van der Waals surface area contributed by atoms with Gasteiger partial charge in [0.1, 0.15) is 5.75 Å². The standard InChI is InChI=1S/C25H33N3O3/c1-28(21-10-6-4-3-5-7-11-21)18-24(29)26-20-16-14-19(15-17-20)25(30)27-22-12-8-9-13-23(22)31-2/h8-9,12-17,21H,3-7,10-11,18H2,1-2H3,(H,26,29)(H,27,30). The molecular weight excluding hydrogens is 390 g/mol. The lowest BCUT2D eigenvalue weighted by atomic mass is 9.96. The van der Waals surface area contributed by atoms with Crippen LogP contribution in [-0.4, -0.2) is 43.5 Å². The molecule has 166 valence electrons. The summed E-state index contributed by atoms with van der Waals surface area (Å²) >= 11 is 0. The fourth-order valence-corrected chi connectivity index (χ4v) is 4.08. The third kappa shape index (κ3) is 6.82. The smallest absolute Gasteiger partial charge is 0.255 e. The van der Waals surface area contributed by atoms with Crippen molar-refractivity contribution in [1.29, 1.82) is 0 Å². The molecule has 0 atom stereocenters. The number of likely N-dealkylation sites (N-methyl/N-ethyl adjacent to an activating group) is 1. The predicted octanol–water partition coefficient (Wildman–Crippen LogP) is 4.93. The summed E-state index contributed by atoms with van der Waals surface area (Å²) in [5.41, 5.74) is 1.81. The topological polar surface area (TPSA) is 70.7 Å². The van der Waals surface area contributed by atoms with Gasteiger partial charge in [-0.25, -0.2) is 0 Å². The van der Waals surface area contributed by atoms with Crippen LogP contribution in [0.5, 0.6) is 5.75 Å². The average Bonchev–Trinajstić information content (AvgIpc) is 2.74. The minimum atomic E-state index is -0.230. The van der Waals surface area contributed by atoms with Gasteiger partial charge in [-0.2, -0.15) is 0 Å². The van der Waals surface area contributed by atoms with Gasteiger partial charge in [-0.15, -0.1) is 0 Å². The molecule has 0 aliphatic heterocycles. The number of carbonyl (C=O) groups excluding carboxylic acids is 2. The fraction of sp³-hybridized carbons (Fsp3) is 0.440. The molecule has 0 bridgehead atoms. The lowest BCUT2D eigenvalue weighted by Crippen LogP contribution is -2.38. The largest absolute Gasteiger partial charge is 0.495 e. The van der Waals surface area contributed by atoms with Crippen LogP contribution in [0.15, 0.2) is 48.5 Å². The molecular formula is C25H33N3O3. The number of anilines is 2. The van der Waals surface area contributed by atoms with Gasteiger partial charge < -0.3 is 15.4 Å². The maximum Gasteiger partial charge on any atom is 0.255 e. The van der Waals surface area contributed by atoms with Crippen molar-refractivity contribution in [3.63, 3.8) is 0 Å². The number of para-hydroxylation sites is 2. The van der Waals surface area contributed by atoms with Crippen molar-refractivity contribution in [3.8, 4) is 5.75 Å². The number of methoxy groups -OCH3 is 1. The Bertz CT molecular complexity index is 859. The van der Waals surface area contributed by atoms with E-state index in [1.807, 2.05) is 19.2 Å². The average molecular weight is 424 g/mol. The van der Waals surface area contributed by atoms with Crippen molar-refractivity contribution in [2.75, 3.05) is 31.3 Å².